The van der Waals surface area contributed by atoms with E-state index in [-0.39, 0.29) is 11.8 Å². The van der Waals surface area contributed by atoms with Crippen LogP contribution in [-0.2, 0) is 21.5 Å². The van der Waals surface area contributed by atoms with Crippen molar-refractivity contribution in [3.8, 4) is 0 Å². The molecule has 0 aliphatic heterocycles. The molecule has 2 aromatic rings. The van der Waals surface area contributed by atoms with Gasteiger partial charge in [-0.1, -0.05) is 37.3 Å². The molecular formula is C19H25N3O3. The molecule has 2 rings (SSSR count). The minimum Gasteiger partial charge on any atom is -0.479 e. The van der Waals surface area contributed by atoms with Crippen LogP contribution >= 0.6 is 0 Å². The highest BCUT2D eigenvalue weighted by molar-refractivity contribution is 5.92. The summed E-state index contributed by atoms with van der Waals surface area (Å²) in [5.74, 6) is -1.19. The van der Waals surface area contributed by atoms with E-state index >= 15 is 0 Å². The second-order valence-electron chi connectivity index (χ2n) is 6.81. The fourth-order valence-electron chi connectivity index (χ4n) is 2.44. The molecule has 2 N–H and O–H groups in total. The van der Waals surface area contributed by atoms with Crippen molar-refractivity contribution in [2.75, 3.05) is 5.32 Å². The van der Waals surface area contributed by atoms with Gasteiger partial charge in [0.1, 0.15) is 0 Å². The zero-order valence-electron chi connectivity index (χ0n) is 14.9. The van der Waals surface area contributed by atoms with Crippen LogP contribution < -0.4 is 5.32 Å². The van der Waals surface area contributed by atoms with E-state index in [2.05, 4.69) is 22.5 Å². The Labute approximate surface area is 147 Å². The van der Waals surface area contributed by atoms with Gasteiger partial charge < -0.3 is 10.4 Å². The van der Waals surface area contributed by atoms with Crippen LogP contribution in [-0.4, -0.2) is 26.8 Å². The van der Waals surface area contributed by atoms with Crippen molar-refractivity contribution in [2.24, 2.45) is 5.92 Å². The Morgan fingerprint density at radius 2 is 1.96 bits per heavy atom. The lowest BCUT2D eigenvalue weighted by Crippen LogP contribution is -2.35. The quantitative estimate of drug-likeness (QED) is 0.770. The number of hydrogen-bond donors (Lipinski definition) is 2. The van der Waals surface area contributed by atoms with Crippen LogP contribution in [0.2, 0.25) is 0 Å². The molecule has 0 saturated heterocycles. The number of benzene rings is 1. The maximum Gasteiger partial charge on any atom is 0.331 e. The first-order valence-electron chi connectivity index (χ1n) is 8.44. The van der Waals surface area contributed by atoms with Gasteiger partial charge in [0, 0.05) is 12.1 Å². The highest BCUT2D eigenvalue weighted by atomic mass is 16.4. The summed E-state index contributed by atoms with van der Waals surface area (Å²) in [5, 5.41) is 16.1. The molecule has 0 fully saturated rings. The number of carbonyl (C=O) groups excluding carboxylic acids is 1. The number of nitrogens with zero attached hydrogens (tertiary/aromatic N) is 2. The maximum atomic E-state index is 12.3. The predicted molar refractivity (Wildman–Crippen MR) is 96.4 cm³/mol. The number of rotatable bonds is 8. The largest absolute Gasteiger partial charge is 0.479 e. The Bertz CT molecular complexity index is 723. The summed E-state index contributed by atoms with van der Waals surface area (Å²) in [6, 6.07) is 10.2. The summed E-state index contributed by atoms with van der Waals surface area (Å²) in [7, 11) is 0. The smallest absolute Gasteiger partial charge is 0.331 e. The molecule has 6 heteroatoms. The maximum absolute atomic E-state index is 12.3. The Morgan fingerprint density at radius 1 is 1.28 bits per heavy atom. The summed E-state index contributed by atoms with van der Waals surface area (Å²) in [6.07, 6.45) is 5.69. The lowest BCUT2D eigenvalue weighted by Gasteiger charge is -2.19. The molecular weight excluding hydrogens is 318 g/mol. The number of carbonyl (C=O) groups is 2. The van der Waals surface area contributed by atoms with Crippen molar-refractivity contribution in [3.63, 3.8) is 0 Å². The molecule has 0 aliphatic rings. The molecule has 1 unspecified atom stereocenters. The van der Waals surface area contributed by atoms with Crippen molar-refractivity contribution in [3.05, 3.63) is 48.3 Å². The minimum absolute atomic E-state index is 0.0826. The Hall–Kier alpha value is -2.63. The number of aryl methyl sites for hydroxylation is 1. The summed E-state index contributed by atoms with van der Waals surface area (Å²) in [6.45, 7) is 5.01. The second kappa shape index (κ2) is 7.96. The third kappa shape index (κ3) is 4.92. The highest BCUT2D eigenvalue weighted by Gasteiger charge is 2.30. The molecule has 1 aromatic heterocycles. The van der Waals surface area contributed by atoms with Crippen molar-refractivity contribution >= 4 is 17.6 Å². The summed E-state index contributed by atoms with van der Waals surface area (Å²) >= 11 is 0. The van der Waals surface area contributed by atoms with Crippen molar-refractivity contribution in [1.29, 1.82) is 0 Å². The van der Waals surface area contributed by atoms with Crippen molar-refractivity contribution in [1.82, 2.24) is 9.78 Å². The van der Waals surface area contributed by atoms with Gasteiger partial charge >= 0.3 is 5.97 Å². The Morgan fingerprint density at radius 3 is 2.60 bits per heavy atom. The third-order valence-corrected chi connectivity index (χ3v) is 4.34. The van der Waals surface area contributed by atoms with Crippen LogP contribution in [0.25, 0.3) is 0 Å². The van der Waals surface area contributed by atoms with E-state index in [1.54, 1.807) is 20.0 Å². The first kappa shape index (κ1) is 18.7. The van der Waals surface area contributed by atoms with Gasteiger partial charge in [-0.25, -0.2) is 4.79 Å². The molecule has 1 amide bonds. The average molecular weight is 343 g/mol. The topological polar surface area (TPSA) is 84.2 Å². The normalized spacial score (nSPS) is 12.6. The summed E-state index contributed by atoms with van der Waals surface area (Å²) < 4.78 is 1.34. The molecule has 1 atom stereocenters. The van der Waals surface area contributed by atoms with Gasteiger partial charge in [0.05, 0.1) is 11.9 Å². The zero-order chi connectivity index (χ0) is 18.4. The third-order valence-electron chi connectivity index (χ3n) is 4.34. The van der Waals surface area contributed by atoms with E-state index in [0.717, 1.165) is 19.3 Å². The van der Waals surface area contributed by atoms with Gasteiger partial charge in [-0.2, -0.15) is 5.10 Å². The monoisotopic (exact) mass is 343 g/mol. The number of nitrogens with one attached hydrogen (secondary N) is 1. The average Bonchev–Trinajstić information content (AvgIpc) is 3.04. The van der Waals surface area contributed by atoms with E-state index in [9.17, 15) is 14.7 Å². The van der Waals surface area contributed by atoms with Crippen molar-refractivity contribution in [2.45, 2.75) is 45.6 Å². The molecule has 1 aromatic carbocycles. The first-order valence-corrected chi connectivity index (χ1v) is 8.44. The molecule has 0 spiro atoms. The molecule has 25 heavy (non-hydrogen) atoms. The second-order valence-corrected chi connectivity index (χ2v) is 6.81. The molecule has 0 radical (unpaired) electrons. The zero-order valence-corrected chi connectivity index (χ0v) is 14.9. The fraction of sp³-hybridized carbons (Fsp3) is 0.421. The molecule has 1 heterocycles. The van der Waals surface area contributed by atoms with Gasteiger partial charge in [-0.15, -0.1) is 0 Å². The standard InChI is InChI=1S/C19H25N3O3/c1-14(8-7-11-15-9-5-4-6-10-15)17(23)21-16-12-20-22(13-16)19(2,3)18(24)25/h4-6,9-10,12-14H,7-8,11H2,1-3H3,(H,21,23)(H,24,25). The summed E-state index contributed by atoms with van der Waals surface area (Å²) in [4.78, 5) is 23.5. The van der Waals surface area contributed by atoms with Crippen molar-refractivity contribution < 1.29 is 14.7 Å². The molecule has 0 aliphatic carbocycles. The number of aromatic nitrogens is 2. The van der Waals surface area contributed by atoms with Crippen LogP contribution in [0.3, 0.4) is 0 Å². The fourth-order valence-corrected chi connectivity index (χ4v) is 2.44. The predicted octanol–water partition coefficient (Wildman–Crippen LogP) is 3.30. The van der Waals surface area contributed by atoms with E-state index in [4.69, 9.17) is 0 Å². The van der Waals surface area contributed by atoms with Gasteiger partial charge in [-0.3, -0.25) is 9.48 Å². The number of aliphatic carboxylic acids is 1. The Balaban J connectivity index is 1.85. The van der Waals surface area contributed by atoms with Gasteiger partial charge in [0.2, 0.25) is 5.91 Å². The first-order chi connectivity index (χ1) is 11.8. The van der Waals surface area contributed by atoms with E-state index in [0.29, 0.717) is 5.69 Å². The number of hydrogen-bond acceptors (Lipinski definition) is 3. The minimum atomic E-state index is -1.16. The van der Waals surface area contributed by atoms with Crippen LogP contribution in [0.1, 0.15) is 39.2 Å². The van der Waals surface area contributed by atoms with Crippen LogP contribution in [0.4, 0.5) is 5.69 Å². The van der Waals surface area contributed by atoms with E-state index in [1.165, 1.54) is 16.4 Å². The lowest BCUT2D eigenvalue weighted by atomic mass is 10.0. The number of anilines is 1. The SMILES string of the molecule is CC(CCCc1ccccc1)C(=O)Nc1cnn(C(C)(C)C(=O)O)c1. The molecule has 0 saturated carbocycles. The van der Waals surface area contributed by atoms with Gasteiger partial charge in [0.25, 0.3) is 0 Å². The number of amides is 1. The van der Waals surface area contributed by atoms with Crippen LogP contribution in [0.5, 0.6) is 0 Å². The molecule has 134 valence electrons. The lowest BCUT2D eigenvalue weighted by molar-refractivity contribution is -0.146. The summed E-state index contributed by atoms with van der Waals surface area (Å²) in [5.41, 5.74) is 0.617. The van der Waals surface area contributed by atoms with Gasteiger partial charge in [-0.05, 0) is 38.7 Å². The Kier molecular flexibility index (Phi) is 5.96. The number of carboxylic acid groups (broad SMARTS) is 1. The van der Waals surface area contributed by atoms with Crippen LogP contribution in [0.15, 0.2) is 42.7 Å². The van der Waals surface area contributed by atoms with E-state index in [1.807, 2.05) is 25.1 Å². The molecule has 6 nitrogen and oxygen atoms in total. The van der Waals surface area contributed by atoms with Gasteiger partial charge in [0.15, 0.2) is 5.54 Å². The van der Waals surface area contributed by atoms with E-state index < -0.39 is 11.5 Å². The van der Waals surface area contributed by atoms with Crippen LogP contribution in [0, 0.1) is 5.92 Å². The molecule has 0 bridgehead atoms. The number of carboxylic acids is 1. The highest BCUT2D eigenvalue weighted by Crippen LogP contribution is 2.18.